The Morgan fingerprint density at radius 2 is 1.97 bits per heavy atom. The Morgan fingerprint density at radius 3 is 2.84 bits per heavy atom. The largest absolute Gasteiger partial charge is 0.497 e. The molecule has 1 N–H and O–H groups in total. The van der Waals surface area contributed by atoms with Crippen molar-refractivity contribution >= 4 is 22.3 Å². The maximum atomic E-state index is 14.0. The number of hydrogen-bond acceptors (Lipinski definition) is 5. The molecule has 2 aromatic heterocycles. The van der Waals surface area contributed by atoms with Gasteiger partial charge in [-0.3, -0.25) is 15.4 Å². The van der Waals surface area contributed by atoms with Gasteiger partial charge in [-0.05, 0) is 61.5 Å². The number of aryl methyl sites for hydroxylation is 1. The Balaban J connectivity index is 1.56. The number of fused-ring (bicyclic) bond motifs is 1. The van der Waals surface area contributed by atoms with Crippen molar-refractivity contribution < 1.29 is 9.13 Å². The maximum absolute atomic E-state index is 14.0. The summed E-state index contributed by atoms with van der Waals surface area (Å²) in [6.45, 7) is 1.92. The van der Waals surface area contributed by atoms with Gasteiger partial charge < -0.3 is 4.74 Å². The summed E-state index contributed by atoms with van der Waals surface area (Å²) >= 11 is 0. The molecule has 2 aromatic carbocycles. The zero-order chi connectivity index (χ0) is 21.4. The van der Waals surface area contributed by atoms with Crippen molar-refractivity contribution in [3.63, 3.8) is 0 Å². The number of allylic oxidation sites excluding steroid dienone is 2. The Labute approximate surface area is 178 Å². The maximum Gasteiger partial charge on any atom is 0.124 e. The fourth-order valence-electron chi connectivity index (χ4n) is 3.67. The second-order valence-corrected chi connectivity index (χ2v) is 7.18. The van der Waals surface area contributed by atoms with Crippen LogP contribution < -0.4 is 15.2 Å². The minimum Gasteiger partial charge on any atom is -0.497 e. The van der Waals surface area contributed by atoms with E-state index in [1.807, 2.05) is 66.7 Å². The number of methoxy groups -OCH3 is 1. The van der Waals surface area contributed by atoms with Crippen LogP contribution in [0.15, 0.2) is 79.1 Å². The van der Waals surface area contributed by atoms with Crippen LogP contribution in [0.2, 0.25) is 0 Å². The predicted octanol–water partition coefficient (Wildman–Crippen LogP) is 4.76. The number of nitrogens with zero attached hydrogens (tertiary/aromatic N) is 4. The van der Waals surface area contributed by atoms with Crippen molar-refractivity contribution in [1.82, 2.24) is 20.2 Å². The Bertz CT molecular complexity index is 1340. The molecule has 3 heterocycles. The van der Waals surface area contributed by atoms with Crippen molar-refractivity contribution in [2.75, 3.05) is 12.1 Å². The first-order valence-electron chi connectivity index (χ1n) is 9.82. The van der Waals surface area contributed by atoms with Gasteiger partial charge in [-0.15, -0.1) is 0 Å². The number of hydrogen-bond donors (Lipinski definition) is 1. The molecule has 0 spiro atoms. The third-order valence-electron chi connectivity index (χ3n) is 5.09. The van der Waals surface area contributed by atoms with Gasteiger partial charge in [0.15, 0.2) is 0 Å². The lowest BCUT2D eigenvalue weighted by atomic mass is 10.1. The van der Waals surface area contributed by atoms with E-state index in [1.54, 1.807) is 24.1 Å². The molecule has 31 heavy (non-hydrogen) atoms. The lowest BCUT2D eigenvalue weighted by molar-refractivity contribution is 0.415. The molecule has 0 saturated heterocycles. The van der Waals surface area contributed by atoms with Gasteiger partial charge in [-0.2, -0.15) is 5.10 Å². The number of nitrogens with one attached hydrogen (secondary N) is 1. The molecule has 154 valence electrons. The summed E-state index contributed by atoms with van der Waals surface area (Å²) < 4.78 is 21.2. The average Bonchev–Trinajstić information content (AvgIpc) is 3.29. The predicted molar refractivity (Wildman–Crippen MR) is 119 cm³/mol. The van der Waals surface area contributed by atoms with Gasteiger partial charge in [-0.25, -0.2) is 9.07 Å². The molecular weight excluding hydrogens is 393 g/mol. The Morgan fingerprint density at radius 1 is 1.06 bits per heavy atom. The molecular formula is C24H20FN5O. The summed E-state index contributed by atoms with van der Waals surface area (Å²) in [6, 6.07) is 16.2. The minimum atomic E-state index is -0.310. The van der Waals surface area contributed by atoms with Gasteiger partial charge in [0.1, 0.15) is 11.6 Å². The van der Waals surface area contributed by atoms with E-state index < -0.39 is 0 Å². The van der Waals surface area contributed by atoms with Gasteiger partial charge >= 0.3 is 0 Å². The SMILES string of the molecule is COc1cccc(N2C=CC=C(c3ccnn3-c3cc(C)nc4ccc(F)cc34)N2)c1. The quantitative estimate of drug-likeness (QED) is 0.523. The van der Waals surface area contributed by atoms with E-state index in [0.29, 0.717) is 5.39 Å². The number of aromatic nitrogens is 3. The van der Waals surface area contributed by atoms with Crippen LogP contribution in [0.5, 0.6) is 5.75 Å². The number of benzene rings is 2. The molecule has 0 fully saturated rings. The molecule has 6 nitrogen and oxygen atoms in total. The first-order valence-corrected chi connectivity index (χ1v) is 9.82. The number of ether oxygens (including phenoxy) is 1. The van der Waals surface area contributed by atoms with Crippen LogP contribution >= 0.6 is 0 Å². The van der Waals surface area contributed by atoms with Crippen LogP contribution in [-0.2, 0) is 0 Å². The second kappa shape index (κ2) is 7.60. The van der Waals surface area contributed by atoms with Crippen molar-refractivity contribution in [2.24, 2.45) is 0 Å². The van der Waals surface area contributed by atoms with Crippen LogP contribution in [-0.4, -0.2) is 21.9 Å². The summed E-state index contributed by atoms with van der Waals surface area (Å²) in [6.07, 6.45) is 7.59. The molecule has 7 heteroatoms. The average molecular weight is 413 g/mol. The van der Waals surface area contributed by atoms with Crippen molar-refractivity contribution in [3.8, 4) is 11.4 Å². The second-order valence-electron chi connectivity index (χ2n) is 7.18. The van der Waals surface area contributed by atoms with Gasteiger partial charge in [0.25, 0.3) is 0 Å². The lowest BCUT2D eigenvalue weighted by Gasteiger charge is -2.27. The fraction of sp³-hybridized carbons (Fsp3) is 0.0833. The van der Waals surface area contributed by atoms with Crippen molar-refractivity contribution in [2.45, 2.75) is 6.92 Å². The molecule has 1 aliphatic heterocycles. The third-order valence-corrected chi connectivity index (χ3v) is 5.09. The molecule has 0 aliphatic carbocycles. The van der Waals surface area contributed by atoms with Gasteiger partial charge in [0.2, 0.25) is 0 Å². The molecule has 0 bridgehead atoms. The highest BCUT2D eigenvalue weighted by molar-refractivity contribution is 5.88. The number of hydrazine groups is 1. The Kier molecular flexibility index (Phi) is 4.63. The summed E-state index contributed by atoms with van der Waals surface area (Å²) in [4.78, 5) is 4.53. The molecule has 5 rings (SSSR count). The van der Waals surface area contributed by atoms with Crippen LogP contribution in [0.1, 0.15) is 11.4 Å². The summed E-state index contributed by atoms with van der Waals surface area (Å²) in [5, 5.41) is 7.14. The zero-order valence-corrected chi connectivity index (χ0v) is 17.1. The molecule has 1 aliphatic rings. The molecule has 0 amide bonds. The van der Waals surface area contributed by atoms with E-state index in [-0.39, 0.29) is 5.82 Å². The first-order chi connectivity index (χ1) is 15.1. The van der Waals surface area contributed by atoms with Crippen LogP contribution in [0.25, 0.3) is 22.3 Å². The molecule has 0 saturated carbocycles. The van der Waals surface area contributed by atoms with Crippen LogP contribution in [0.4, 0.5) is 10.1 Å². The summed E-state index contributed by atoms with van der Waals surface area (Å²) in [5.74, 6) is 0.463. The highest BCUT2D eigenvalue weighted by atomic mass is 19.1. The van der Waals surface area contributed by atoms with Gasteiger partial charge in [0, 0.05) is 23.3 Å². The highest BCUT2D eigenvalue weighted by Crippen LogP contribution is 2.28. The third kappa shape index (κ3) is 3.50. The Hall–Kier alpha value is -4.13. The number of pyridine rings is 1. The molecule has 4 aromatic rings. The zero-order valence-electron chi connectivity index (χ0n) is 17.1. The number of anilines is 1. The van der Waals surface area contributed by atoms with E-state index in [9.17, 15) is 4.39 Å². The summed E-state index contributed by atoms with van der Waals surface area (Å²) in [7, 11) is 1.65. The monoisotopic (exact) mass is 413 g/mol. The van der Waals surface area contributed by atoms with E-state index in [0.717, 1.165) is 39.7 Å². The number of rotatable bonds is 4. The molecule has 0 radical (unpaired) electrons. The van der Waals surface area contributed by atoms with Gasteiger partial charge in [-0.1, -0.05) is 6.07 Å². The van der Waals surface area contributed by atoms with E-state index >= 15 is 0 Å². The van der Waals surface area contributed by atoms with E-state index in [2.05, 4.69) is 15.5 Å². The smallest absolute Gasteiger partial charge is 0.124 e. The molecule has 0 atom stereocenters. The minimum absolute atomic E-state index is 0.310. The van der Waals surface area contributed by atoms with Crippen LogP contribution in [0.3, 0.4) is 0 Å². The topological polar surface area (TPSA) is 55.2 Å². The highest BCUT2D eigenvalue weighted by Gasteiger charge is 2.17. The van der Waals surface area contributed by atoms with E-state index in [4.69, 9.17) is 4.74 Å². The van der Waals surface area contributed by atoms with Crippen LogP contribution in [0, 0.1) is 12.7 Å². The normalized spacial score (nSPS) is 13.3. The first kappa shape index (κ1) is 18.9. The number of halogens is 1. The van der Waals surface area contributed by atoms with E-state index in [1.165, 1.54) is 12.1 Å². The summed E-state index contributed by atoms with van der Waals surface area (Å²) in [5.41, 5.74) is 8.36. The lowest BCUT2D eigenvalue weighted by Crippen LogP contribution is -2.34. The standard InChI is InChI=1S/C24H20FN5O/c1-16-13-24(20-14-17(25)8-9-21(20)27-16)30-23(10-11-26-30)22-7-4-12-29(28-22)18-5-3-6-19(15-18)31-2/h3-15,28H,1-2H3. The van der Waals surface area contributed by atoms with Gasteiger partial charge in [0.05, 0.1) is 41.6 Å². The fourth-order valence-corrected chi connectivity index (χ4v) is 3.67. The van der Waals surface area contributed by atoms with Crippen molar-refractivity contribution in [1.29, 1.82) is 0 Å². The van der Waals surface area contributed by atoms with Crippen molar-refractivity contribution in [3.05, 3.63) is 96.4 Å². The molecule has 0 unspecified atom stereocenters.